The molecule has 5 rings (SSSR count). The van der Waals surface area contributed by atoms with E-state index in [0.29, 0.717) is 73.1 Å². The number of hydrogen-bond acceptors (Lipinski definition) is 8. The maximum Gasteiger partial charge on any atom is 0.432 e. The first kappa shape index (κ1) is 24.7. The molecular formula is C24H32N6O5S. The Hall–Kier alpha value is -2.99. The van der Waals surface area contributed by atoms with E-state index >= 15 is 0 Å². The lowest BCUT2D eigenvalue weighted by Gasteiger charge is -2.34. The van der Waals surface area contributed by atoms with Gasteiger partial charge in [0, 0.05) is 18.9 Å². The zero-order valence-electron chi connectivity index (χ0n) is 21.2. The van der Waals surface area contributed by atoms with Gasteiger partial charge in [0.05, 0.1) is 48.1 Å². The standard InChI is InChI=1S/C24H32N6O5S/c1-15-14-35-9-8-28(15)20-11-19(24(6-7-24)36(5,33)34)30-21(26-20)17(13-25-30)18-10-16(12-23(2,3)4)27-29(18)22(31)32/h10-11,13,15H,6-9,12,14H2,1-5H3,(H,31,32). The molecule has 12 heteroatoms. The number of anilines is 1. The number of rotatable bonds is 5. The molecule has 0 bridgehead atoms. The van der Waals surface area contributed by atoms with Gasteiger partial charge in [-0.05, 0) is 37.7 Å². The maximum atomic E-state index is 12.9. The summed E-state index contributed by atoms with van der Waals surface area (Å²) in [5.74, 6) is 0.626. The quantitative estimate of drug-likeness (QED) is 0.543. The number of carbonyl (C=O) groups is 1. The molecular weight excluding hydrogens is 484 g/mol. The summed E-state index contributed by atoms with van der Waals surface area (Å²) >= 11 is 0. The van der Waals surface area contributed by atoms with Gasteiger partial charge in [-0.3, -0.25) is 0 Å². The second-order valence-corrected chi connectivity index (χ2v) is 13.5. The van der Waals surface area contributed by atoms with Gasteiger partial charge in [-0.15, -0.1) is 0 Å². The van der Waals surface area contributed by atoms with Crippen molar-refractivity contribution in [3.8, 4) is 11.3 Å². The van der Waals surface area contributed by atoms with Crippen LogP contribution in [-0.2, 0) is 25.7 Å². The zero-order chi connectivity index (χ0) is 26.0. The number of morpholine rings is 1. The van der Waals surface area contributed by atoms with Gasteiger partial charge in [-0.2, -0.15) is 14.9 Å². The maximum absolute atomic E-state index is 12.9. The van der Waals surface area contributed by atoms with Gasteiger partial charge in [0.25, 0.3) is 0 Å². The molecule has 4 heterocycles. The van der Waals surface area contributed by atoms with Crippen molar-refractivity contribution in [1.82, 2.24) is 24.4 Å². The highest BCUT2D eigenvalue weighted by molar-refractivity contribution is 7.91. The minimum absolute atomic E-state index is 0.0456. The number of fused-ring (bicyclic) bond motifs is 1. The third-order valence-electron chi connectivity index (χ3n) is 6.93. The summed E-state index contributed by atoms with van der Waals surface area (Å²) in [5, 5.41) is 18.7. The van der Waals surface area contributed by atoms with Crippen molar-refractivity contribution in [2.75, 3.05) is 30.9 Å². The summed E-state index contributed by atoms with van der Waals surface area (Å²) in [5.41, 5.74) is 2.35. The monoisotopic (exact) mass is 516 g/mol. The third kappa shape index (κ3) is 4.15. The van der Waals surface area contributed by atoms with E-state index in [1.807, 2.05) is 13.0 Å². The predicted octanol–water partition coefficient (Wildman–Crippen LogP) is 2.97. The molecule has 1 aliphatic heterocycles. The minimum atomic E-state index is -3.43. The van der Waals surface area contributed by atoms with Gasteiger partial charge in [-0.1, -0.05) is 20.8 Å². The van der Waals surface area contributed by atoms with Crippen LogP contribution in [0.25, 0.3) is 16.9 Å². The highest BCUT2D eigenvalue weighted by Gasteiger charge is 2.56. The number of hydrogen-bond donors (Lipinski definition) is 1. The van der Waals surface area contributed by atoms with E-state index < -0.39 is 20.7 Å². The molecule has 36 heavy (non-hydrogen) atoms. The van der Waals surface area contributed by atoms with Gasteiger partial charge in [-0.25, -0.2) is 22.7 Å². The van der Waals surface area contributed by atoms with E-state index in [2.05, 4.69) is 35.9 Å². The van der Waals surface area contributed by atoms with Gasteiger partial charge in [0.2, 0.25) is 0 Å². The van der Waals surface area contributed by atoms with Gasteiger partial charge < -0.3 is 14.7 Å². The van der Waals surface area contributed by atoms with Gasteiger partial charge in [0.15, 0.2) is 15.5 Å². The van der Waals surface area contributed by atoms with E-state index in [-0.39, 0.29) is 11.5 Å². The van der Waals surface area contributed by atoms with Crippen LogP contribution in [-0.4, -0.2) is 76.1 Å². The summed E-state index contributed by atoms with van der Waals surface area (Å²) in [7, 11) is -3.43. The second-order valence-electron chi connectivity index (χ2n) is 11.1. The first-order chi connectivity index (χ1) is 16.8. The highest BCUT2D eigenvalue weighted by atomic mass is 32.2. The fourth-order valence-corrected chi connectivity index (χ4v) is 6.37. The summed E-state index contributed by atoms with van der Waals surface area (Å²) < 4.78 is 32.8. The van der Waals surface area contributed by atoms with Crippen LogP contribution in [0.2, 0.25) is 0 Å². The van der Waals surface area contributed by atoms with E-state index in [4.69, 9.17) is 9.72 Å². The number of aromatic nitrogens is 5. The van der Waals surface area contributed by atoms with Crippen LogP contribution in [0.4, 0.5) is 10.6 Å². The molecule has 1 saturated heterocycles. The third-order valence-corrected chi connectivity index (χ3v) is 8.97. The number of sulfone groups is 1. The Morgan fingerprint density at radius 2 is 2.00 bits per heavy atom. The zero-order valence-corrected chi connectivity index (χ0v) is 22.0. The molecule has 0 spiro atoms. The van der Waals surface area contributed by atoms with Crippen molar-refractivity contribution in [2.45, 2.75) is 57.7 Å². The first-order valence-corrected chi connectivity index (χ1v) is 14.0. The second kappa shape index (κ2) is 8.27. The van der Waals surface area contributed by atoms with E-state index in [1.54, 1.807) is 16.8 Å². The molecule has 0 radical (unpaired) electrons. The Labute approximate surface area is 210 Å². The fraction of sp³-hybridized carbons (Fsp3) is 0.583. The summed E-state index contributed by atoms with van der Waals surface area (Å²) in [4.78, 5) is 19.1. The van der Waals surface area contributed by atoms with Crippen LogP contribution in [0, 0.1) is 5.41 Å². The molecule has 1 saturated carbocycles. The normalized spacial score (nSPS) is 20.1. The van der Waals surface area contributed by atoms with Crippen LogP contribution in [0.1, 0.15) is 51.9 Å². The van der Waals surface area contributed by atoms with Crippen LogP contribution in [0.5, 0.6) is 0 Å². The van der Waals surface area contributed by atoms with Crippen LogP contribution >= 0.6 is 0 Å². The average molecular weight is 517 g/mol. The molecule has 0 amide bonds. The Bertz CT molecular complexity index is 1450. The largest absolute Gasteiger partial charge is 0.463 e. The summed E-state index contributed by atoms with van der Waals surface area (Å²) in [6, 6.07) is 3.62. The van der Waals surface area contributed by atoms with E-state index in [9.17, 15) is 18.3 Å². The molecule has 3 aromatic heterocycles. The number of nitrogens with zero attached hydrogens (tertiary/aromatic N) is 6. The topological polar surface area (TPSA) is 132 Å². The smallest absolute Gasteiger partial charge is 0.432 e. The van der Waals surface area contributed by atoms with Crippen molar-refractivity contribution in [2.24, 2.45) is 5.41 Å². The average Bonchev–Trinajstić information content (AvgIpc) is 3.34. The number of carboxylic acid groups (broad SMARTS) is 1. The molecule has 1 atom stereocenters. The molecule has 2 fully saturated rings. The van der Waals surface area contributed by atoms with Crippen LogP contribution < -0.4 is 4.90 Å². The SMILES string of the molecule is CC1COCCN1c1cc(C2(S(C)(=O)=O)CC2)n2ncc(-c3cc(CC(C)(C)C)nn3C(=O)O)c2n1. The Morgan fingerprint density at radius 1 is 1.28 bits per heavy atom. The first-order valence-electron chi connectivity index (χ1n) is 12.1. The Morgan fingerprint density at radius 3 is 2.58 bits per heavy atom. The van der Waals surface area contributed by atoms with Crippen molar-refractivity contribution in [3.05, 3.63) is 29.7 Å². The minimum Gasteiger partial charge on any atom is -0.463 e. The molecule has 1 N–H and O–H groups in total. The molecule has 1 aliphatic carbocycles. The molecule has 3 aromatic rings. The van der Waals surface area contributed by atoms with E-state index in [0.717, 1.165) is 4.68 Å². The highest BCUT2D eigenvalue weighted by Crippen LogP contribution is 2.53. The van der Waals surface area contributed by atoms with Crippen LogP contribution in [0.15, 0.2) is 18.3 Å². The molecule has 1 unspecified atom stereocenters. The lowest BCUT2D eigenvalue weighted by molar-refractivity contribution is 0.0985. The Kier molecular flexibility index (Phi) is 5.67. The summed E-state index contributed by atoms with van der Waals surface area (Å²) in [6.45, 7) is 9.90. The summed E-state index contributed by atoms with van der Waals surface area (Å²) in [6.07, 6.45) is 3.19. The van der Waals surface area contributed by atoms with Gasteiger partial charge >= 0.3 is 6.09 Å². The lowest BCUT2D eigenvalue weighted by Crippen LogP contribution is -2.44. The van der Waals surface area contributed by atoms with Crippen molar-refractivity contribution in [1.29, 1.82) is 0 Å². The Balaban J connectivity index is 1.74. The van der Waals surface area contributed by atoms with Gasteiger partial charge in [0.1, 0.15) is 10.6 Å². The number of ether oxygens (including phenoxy) is 1. The van der Waals surface area contributed by atoms with Crippen molar-refractivity contribution < 1.29 is 23.1 Å². The van der Waals surface area contributed by atoms with E-state index in [1.165, 1.54) is 6.26 Å². The molecule has 0 aromatic carbocycles. The molecule has 2 aliphatic rings. The van der Waals surface area contributed by atoms with Crippen molar-refractivity contribution in [3.63, 3.8) is 0 Å². The predicted molar refractivity (Wildman–Crippen MR) is 134 cm³/mol. The fourth-order valence-electron chi connectivity index (χ4n) is 5.00. The molecule has 11 nitrogen and oxygen atoms in total. The van der Waals surface area contributed by atoms with Crippen molar-refractivity contribution >= 4 is 27.4 Å². The lowest BCUT2D eigenvalue weighted by atomic mass is 9.90. The van der Waals surface area contributed by atoms with Crippen LogP contribution in [0.3, 0.4) is 0 Å². The molecule has 194 valence electrons.